The molecule has 1 aliphatic rings. The maximum Gasteiger partial charge on any atom is 0.296 e. The lowest BCUT2D eigenvalue weighted by molar-refractivity contribution is -0.117. The highest BCUT2D eigenvalue weighted by molar-refractivity contribution is 7.15. The van der Waals surface area contributed by atoms with Gasteiger partial charge in [0, 0.05) is 0 Å². The lowest BCUT2D eigenvalue weighted by Gasteiger charge is -2.25. The predicted octanol–water partition coefficient (Wildman–Crippen LogP) is 4.50. The molecule has 0 spiro atoms. The zero-order valence-corrected chi connectivity index (χ0v) is 21.0. The first-order chi connectivity index (χ1) is 16.3. The molecule has 0 fully saturated rings. The van der Waals surface area contributed by atoms with Gasteiger partial charge in [-0.1, -0.05) is 17.4 Å². The van der Waals surface area contributed by atoms with Crippen LogP contribution in [0, 0.1) is 20.8 Å². The molecule has 1 atom stereocenters. The molecule has 0 aliphatic carbocycles. The summed E-state index contributed by atoms with van der Waals surface area (Å²) in [6.07, 6.45) is 0. The molecule has 0 bridgehead atoms. The Morgan fingerprint density at radius 1 is 1.06 bits per heavy atom. The summed E-state index contributed by atoms with van der Waals surface area (Å²) in [5, 5.41) is 20.7. The number of aliphatic hydroxyl groups excluding tert-OH is 1. The minimum absolute atomic E-state index is 0.0313. The van der Waals surface area contributed by atoms with Crippen molar-refractivity contribution in [2.75, 3.05) is 18.1 Å². The quantitative estimate of drug-likeness (QED) is 0.450. The maximum absolute atomic E-state index is 13.7. The third-order valence-corrected chi connectivity index (χ3v) is 7.08. The van der Waals surface area contributed by atoms with Crippen LogP contribution >= 0.6 is 22.7 Å². The molecule has 1 unspecified atom stereocenters. The van der Waals surface area contributed by atoms with Crippen LogP contribution in [0.1, 0.15) is 50.8 Å². The van der Waals surface area contributed by atoms with E-state index in [1.165, 1.54) is 27.6 Å². The van der Waals surface area contributed by atoms with E-state index in [4.69, 9.17) is 9.47 Å². The van der Waals surface area contributed by atoms with Gasteiger partial charge in [-0.3, -0.25) is 14.5 Å². The van der Waals surface area contributed by atoms with Gasteiger partial charge in [0.25, 0.3) is 5.91 Å². The fraction of sp³-hybridized carbons (Fsp3) is 0.348. The Kier molecular flexibility index (Phi) is 6.67. The highest BCUT2D eigenvalue weighted by Gasteiger charge is 2.46. The third-order valence-electron chi connectivity index (χ3n) is 5.17. The smallest absolute Gasteiger partial charge is 0.296 e. The molecule has 1 aliphatic heterocycles. The zero-order valence-electron chi connectivity index (χ0n) is 19.4. The van der Waals surface area contributed by atoms with Crippen LogP contribution in [0.3, 0.4) is 0 Å². The first-order valence-corrected chi connectivity index (χ1v) is 12.3. The van der Waals surface area contributed by atoms with Gasteiger partial charge in [0.05, 0.1) is 40.4 Å². The Bertz CT molecular complexity index is 1300. The summed E-state index contributed by atoms with van der Waals surface area (Å²) < 4.78 is 11.4. The van der Waals surface area contributed by atoms with Crippen molar-refractivity contribution >= 4 is 39.5 Å². The van der Waals surface area contributed by atoms with Crippen molar-refractivity contribution in [2.24, 2.45) is 0 Å². The Hall–Kier alpha value is -3.31. The summed E-state index contributed by atoms with van der Waals surface area (Å²) in [6, 6.07) is 4.29. The monoisotopic (exact) mass is 500 g/mol. The number of aliphatic hydroxyl groups is 1. The molecule has 1 amide bonds. The first-order valence-electron chi connectivity index (χ1n) is 10.7. The second-order valence-corrected chi connectivity index (χ2v) is 9.86. The van der Waals surface area contributed by atoms with Crippen molar-refractivity contribution in [2.45, 2.75) is 40.7 Å². The molecule has 9 nitrogen and oxygen atoms in total. The van der Waals surface area contributed by atoms with Crippen molar-refractivity contribution in [3.05, 3.63) is 55.7 Å². The number of hydrogen-bond acceptors (Lipinski definition) is 10. The summed E-state index contributed by atoms with van der Waals surface area (Å²) in [7, 11) is 0. The molecular formula is C23H24N4O5S2. The summed E-state index contributed by atoms with van der Waals surface area (Å²) >= 11 is 2.43. The fourth-order valence-electron chi connectivity index (χ4n) is 3.84. The molecule has 0 saturated carbocycles. The molecule has 1 N–H and O–H groups in total. The number of aromatic nitrogens is 3. The number of carbonyl (C=O) groups is 2. The van der Waals surface area contributed by atoms with E-state index in [0.717, 1.165) is 5.01 Å². The minimum Gasteiger partial charge on any atom is -0.503 e. The van der Waals surface area contributed by atoms with E-state index in [2.05, 4.69) is 15.2 Å². The lowest BCUT2D eigenvalue weighted by Crippen LogP contribution is -2.31. The van der Waals surface area contributed by atoms with Crippen LogP contribution in [-0.4, -0.2) is 45.2 Å². The van der Waals surface area contributed by atoms with Crippen molar-refractivity contribution in [3.63, 3.8) is 0 Å². The van der Waals surface area contributed by atoms with Crippen LogP contribution in [0.4, 0.5) is 5.13 Å². The molecule has 1 aromatic carbocycles. The highest BCUT2D eigenvalue weighted by Crippen LogP contribution is 2.45. The lowest BCUT2D eigenvalue weighted by atomic mass is 9.95. The maximum atomic E-state index is 13.7. The summed E-state index contributed by atoms with van der Waals surface area (Å²) in [4.78, 5) is 32.9. The first kappa shape index (κ1) is 23.8. The number of aryl methyl sites for hydroxylation is 3. The fourth-order valence-corrected chi connectivity index (χ4v) is 5.42. The van der Waals surface area contributed by atoms with Crippen LogP contribution in [0.25, 0.3) is 0 Å². The highest BCUT2D eigenvalue weighted by atomic mass is 32.1. The second kappa shape index (κ2) is 9.51. The number of hydrogen-bond donors (Lipinski definition) is 1. The summed E-state index contributed by atoms with van der Waals surface area (Å²) in [5.41, 5.74) is 1.08. The molecule has 3 aromatic rings. The Labute approximate surface area is 204 Å². The van der Waals surface area contributed by atoms with Gasteiger partial charge in [-0.2, -0.15) is 0 Å². The number of ketones is 1. The van der Waals surface area contributed by atoms with Gasteiger partial charge in [0.2, 0.25) is 10.9 Å². The van der Waals surface area contributed by atoms with Gasteiger partial charge in [0.15, 0.2) is 17.3 Å². The summed E-state index contributed by atoms with van der Waals surface area (Å²) in [6.45, 7) is 9.88. The van der Waals surface area contributed by atoms with Crippen molar-refractivity contribution in [1.29, 1.82) is 0 Å². The Morgan fingerprint density at radius 2 is 1.76 bits per heavy atom. The molecule has 3 heterocycles. The average Bonchev–Trinajstić information content (AvgIpc) is 3.45. The third kappa shape index (κ3) is 4.16. The predicted molar refractivity (Wildman–Crippen MR) is 129 cm³/mol. The molecule has 11 heteroatoms. The van der Waals surface area contributed by atoms with Crippen molar-refractivity contribution in [1.82, 2.24) is 15.2 Å². The number of amides is 1. The van der Waals surface area contributed by atoms with Gasteiger partial charge in [0.1, 0.15) is 5.01 Å². The molecule has 34 heavy (non-hydrogen) atoms. The van der Waals surface area contributed by atoms with E-state index >= 15 is 0 Å². The van der Waals surface area contributed by atoms with E-state index in [-0.39, 0.29) is 10.7 Å². The number of ether oxygens (including phenoxy) is 2. The van der Waals surface area contributed by atoms with E-state index in [9.17, 15) is 14.7 Å². The standard InChI is InChI=1S/C23H24N4O5S2/c1-6-31-15-9-8-14(10-16(15)32-7-2)18-17(19(28)21-11(3)24-12(4)33-21)20(29)22(30)27(18)23-26-25-13(5)34-23/h8-10,18,29H,6-7H2,1-5H3. The largest absolute Gasteiger partial charge is 0.503 e. The Morgan fingerprint density at radius 3 is 2.35 bits per heavy atom. The van der Waals surface area contributed by atoms with E-state index in [1.807, 2.05) is 13.8 Å². The van der Waals surface area contributed by atoms with Crippen LogP contribution in [0.5, 0.6) is 11.5 Å². The van der Waals surface area contributed by atoms with Crippen LogP contribution in [0.15, 0.2) is 29.5 Å². The number of benzene rings is 1. The van der Waals surface area contributed by atoms with Gasteiger partial charge in [-0.25, -0.2) is 4.98 Å². The zero-order chi connectivity index (χ0) is 24.6. The number of carbonyl (C=O) groups excluding carboxylic acids is 2. The molecule has 0 radical (unpaired) electrons. The summed E-state index contributed by atoms with van der Waals surface area (Å²) in [5.74, 6) is -0.749. The number of nitrogens with zero attached hydrogens (tertiary/aromatic N) is 4. The van der Waals surface area contributed by atoms with Crippen LogP contribution in [-0.2, 0) is 4.79 Å². The minimum atomic E-state index is -0.927. The Balaban J connectivity index is 1.89. The number of thiazole rings is 1. The molecule has 2 aromatic heterocycles. The second-order valence-electron chi connectivity index (χ2n) is 7.49. The van der Waals surface area contributed by atoms with Gasteiger partial charge < -0.3 is 14.6 Å². The molecule has 4 rings (SSSR count). The van der Waals surface area contributed by atoms with E-state index < -0.39 is 23.5 Å². The van der Waals surface area contributed by atoms with Gasteiger partial charge >= 0.3 is 0 Å². The number of Topliss-reactive ketones (excluding diaryl/α,β-unsaturated/α-hetero) is 1. The van der Waals surface area contributed by atoms with Gasteiger partial charge in [-0.05, 0) is 52.3 Å². The molecule has 0 saturated heterocycles. The van der Waals surface area contributed by atoms with Gasteiger partial charge in [-0.15, -0.1) is 21.5 Å². The average molecular weight is 501 g/mol. The van der Waals surface area contributed by atoms with E-state index in [0.29, 0.717) is 45.9 Å². The topological polar surface area (TPSA) is 115 Å². The van der Waals surface area contributed by atoms with Crippen LogP contribution < -0.4 is 14.4 Å². The van der Waals surface area contributed by atoms with Crippen molar-refractivity contribution < 1.29 is 24.2 Å². The number of rotatable bonds is 8. The normalized spacial score (nSPS) is 15.9. The van der Waals surface area contributed by atoms with Crippen molar-refractivity contribution in [3.8, 4) is 11.5 Å². The SMILES string of the molecule is CCOc1ccc(C2C(C(=O)c3sc(C)nc3C)=C(O)C(=O)N2c2nnc(C)s2)cc1OCC. The van der Waals surface area contributed by atoms with Crippen LogP contribution in [0.2, 0.25) is 0 Å². The molecular weight excluding hydrogens is 476 g/mol. The van der Waals surface area contributed by atoms with E-state index in [1.54, 1.807) is 39.0 Å². The number of anilines is 1. The molecule has 178 valence electrons.